The number of phosphoric ester groups is 1. The maximum Gasteiger partial charge on any atom is 0.469 e. The lowest BCUT2D eigenvalue weighted by Gasteiger charge is -2.23. The number of carbonyl (C=O) groups excluding carboxylic acids is 2. The van der Waals surface area contributed by atoms with Gasteiger partial charge in [-0.15, -0.1) is 0 Å². The van der Waals surface area contributed by atoms with Gasteiger partial charge in [-0.1, -0.05) is 54.6 Å². The third kappa shape index (κ3) is 7.08. The number of benzene rings is 3. The summed E-state index contributed by atoms with van der Waals surface area (Å²) in [4.78, 5) is 43.2. The van der Waals surface area contributed by atoms with E-state index >= 15 is 0 Å². The molecule has 5 N–H and O–H groups in total. The van der Waals surface area contributed by atoms with Crippen molar-refractivity contribution in [3.8, 4) is 11.1 Å². The van der Waals surface area contributed by atoms with Gasteiger partial charge in [-0.2, -0.15) is 0 Å². The molecule has 1 atom stereocenters. The largest absolute Gasteiger partial charge is 0.469 e. The summed E-state index contributed by atoms with van der Waals surface area (Å²) < 4.78 is 15.2. The Kier molecular flexibility index (Phi) is 7.98. The van der Waals surface area contributed by atoms with E-state index in [2.05, 4.69) is 9.84 Å². The summed E-state index contributed by atoms with van der Waals surface area (Å²) in [7, 11) is -4.75. The van der Waals surface area contributed by atoms with Crippen LogP contribution >= 0.6 is 7.82 Å². The fraction of sp³-hybridized carbons (Fsp3) is 0.167. The fourth-order valence-electron chi connectivity index (χ4n) is 3.11. The molecule has 34 heavy (non-hydrogen) atoms. The van der Waals surface area contributed by atoms with Crippen LogP contribution in [-0.2, 0) is 25.2 Å². The lowest BCUT2D eigenvalue weighted by atomic mass is 10.0. The summed E-state index contributed by atoms with van der Waals surface area (Å²) in [5.74, 6) is -0.681. The predicted octanol–water partition coefficient (Wildman–Crippen LogP) is 3.28. The standard InChI is InChI=1S/C24H26N3O6P/c1-24(25,16-33-34(30,31)32)23(29)26-21-11-13-22(14-12-21)27(17-28)15-18-7-9-20(10-8-18)19-5-3-2-4-6-19/h2-14,17H,15-16,25H2,1H3,(H,26,29)(H2,30,31,32)/t24-/m0/s1. The lowest BCUT2D eigenvalue weighted by Crippen LogP contribution is -2.52. The number of phosphoric acid groups is 1. The van der Waals surface area contributed by atoms with Crippen molar-refractivity contribution in [1.29, 1.82) is 0 Å². The first-order chi connectivity index (χ1) is 16.1. The summed E-state index contributed by atoms with van der Waals surface area (Å²) in [5.41, 5.74) is 8.32. The van der Waals surface area contributed by atoms with E-state index in [9.17, 15) is 14.2 Å². The van der Waals surface area contributed by atoms with Crippen LogP contribution in [0.4, 0.5) is 11.4 Å². The summed E-state index contributed by atoms with van der Waals surface area (Å²) in [6.45, 7) is 0.998. The number of amides is 2. The molecule has 0 saturated carbocycles. The number of carbonyl (C=O) groups is 2. The molecule has 0 unspecified atom stereocenters. The average Bonchev–Trinajstić information content (AvgIpc) is 2.82. The van der Waals surface area contributed by atoms with Crippen LogP contribution in [0.1, 0.15) is 12.5 Å². The van der Waals surface area contributed by atoms with Crippen LogP contribution in [-0.4, -0.2) is 34.2 Å². The third-order valence-corrected chi connectivity index (χ3v) is 5.51. The van der Waals surface area contributed by atoms with Gasteiger partial charge in [0, 0.05) is 11.4 Å². The number of rotatable bonds is 10. The minimum absolute atomic E-state index is 0.366. The van der Waals surface area contributed by atoms with Crippen molar-refractivity contribution >= 4 is 31.5 Å². The van der Waals surface area contributed by atoms with Gasteiger partial charge in [-0.05, 0) is 47.9 Å². The Morgan fingerprint density at radius 2 is 1.62 bits per heavy atom. The molecule has 0 aliphatic heterocycles. The monoisotopic (exact) mass is 483 g/mol. The van der Waals surface area contributed by atoms with Crippen LogP contribution in [0.2, 0.25) is 0 Å². The highest BCUT2D eigenvalue weighted by molar-refractivity contribution is 7.46. The van der Waals surface area contributed by atoms with Gasteiger partial charge in [0.1, 0.15) is 5.54 Å². The van der Waals surface area contributed by atoms with E-state index in [-0.39, 0.29) is 0 Å². The van der Waals surface area contributed by atoms with Gasteiger partial charge in [-0.3, -0.25) is 14.1 Å². The second kappa shape index (κ2) is 10.7. The van der Waals surface area contributed by atoms with Gasteiger partial charge in [0.05, 0.1) is 13.2 Å². The molecule has 0 aliphatic rings. The highest BCUT2D eigenvalue weighted by Gasteiger charge is 2.32. The van der Waals surface area contributed by atoms with Crippen LogP contribution in [0.5, 0.6) is 0 Å². The molecule has 3 aromatic rings. The van der Waals surface area contributed by atoms with E-state index in [1.807, 2.05) is 54.6 Å². The minimum Gasteiger partial charge on any atom is -0.324 e. The topological polar surface area (TPSA) is 142 Å². The smallest absolute Gasteiger partial charge is 0.324 e. The molecule has 178 valence electrons. The molecule has 2 amide bonds. The maximum absolute atomic E-state index is 12.4. The molecule has 0 spiro atoms. The molecule has 0 saturated heterocycles. The molecule has 0 bridgehead atoms. The number of nitrogens with zero attached hydrogens (tertiary/aromatic N) is 1. The predicted molar refractivity (Wildman–Crippen MR) is 130 cm³/mol. The molecule has 0 aromatic heterocycles. The van der Waals surface area contributed by atoms with Gasteiger partial charge in [0.2, 0.25) is 12.3 Å². The van der Waals surface area contributed by atoms with Crippen molar-refractivity contribution < 1.29 is 28.5 Å². The summed E-state index contributed by atoms with van der Waals surface area (Å²) in [6, 6.07) is 24.5. The Balaban J connectivity index is 1.63. The number of anilines is 2. The molecule has 0 heterocycles. The highest BCUT2D eigenvalue weighted by atomic mass is 31.2. The van der Waals surface area contributed by atoms with Crippen molar-refractivity contribution in [2.24, 2.45) is 5.73 Å². The number of hydrogen-bond acceptors (Lipinski definition) is 5. The van der Waals surface area contributed by atoms with E-state index in [0.29, 0.717) is 17.9 Å². The molecular formula is C24H26N3O6P. The van der Waals surface area contributed by atoms with E-state index in [1.54, 1.807) is 24.3 Å². The summed E-state index contributed by atoms with van der Waals surface area (Å²) in [5, 5.41) is 2.57. The molecule has 3 rings (SSSR count). The van der Waals surface area contributed by atoms with Gasteiger partial charge < -0.3 is 25.7 Å². The molecule has 3 aromatic carbocycles. The zero-order valence-electron chi connectivity index (χ0n) is 18.5. The lowest BCUT2D eigenvalue weighted by molar-refractivity contribution is -0.121. The fourth-order valence-corrected chi connectivity index (χ4v) is 3.55. The molecule has 0 aliphatic carbocycles. The average molecular weight is 483 g/mol. The molecule has 0 radical (unpaired) electrons. The minimum atomic E-state index is -4.75. The Labute approximate surface area is 197 Å². The van der Waals surface area contributed by atoms with E-state index in [4.69, 9.17) is 15.5 Å². The van der Waals surface area contributed by atoms with Crippen LogP contribution in [0.15, 0.2) is 78.9 Å². The number of nitrogens with one attached hydrogen (secondary N) is 1. The zero-order valence-corrected chi connectivity index (χ0v) is 19.4. The van der Waals surface area contributed by atoms with Crippen LogP contribution in [0.25, 0.3) is 11.1 Å². The number of hydrogen-bond donors (Lipinski definition) is 4. The first-order valence-electron chi connectivity index (χ1n) is 10.3. The Hall–Kier alpha value is -3.33. The van der Waals surface area contributed by atoms with Crippen molar-refractivity contribution in [1.82, 2.24) is 0 Å². The van der Waals surface area contributed by atoms with Crippen LogP contribution < -0.4 is 16.0 Å². The Bertz CT molecular complexity index is 1160. The first-order valence-corrected chi connectivity index (χ1v) is 11.9. The summed E-state index contributed by atoms with van der Waals surface area (Å²) in [6.07, 6.45) is 0.731. The van der Waals surface area contributed by atoms with E-state index < -0.39 is 25.9 Å². The zero-order chi connectivity index (χ0) is 24.8. The quantitative estimate of drug-likeness (QED) is 0.256. The van der Waals surface area contributed by atoms with Crippen LogP contribution in [0, 0.1) is 0 Å². The van der Waals surface area contributed by atoms with Gasteiger partial charge in [-0.25, -0.2) is 4.57 Å². The molecule has 0 fully saturated rings. The first kappa shape index (κ1) is 25.3. The van der Waals surface area contributed by atoms with Crippen molar-refractivity contribution in [3.05, 3.63) is 84.4 Å². The Morgan fingerprint density at radius 3 is 2.18 bits per heavy atom. The van der Waals surface area contributed by atoms with Crippen molar-refractivity contribution in [3.63, 3.8) is 0 Å². The van der Waals surface area contributed by atoms with Crippen LogP contribution in [0.3, 0.4) is 0 Å². The van der Waals surface area contributed by atoms with Gasteiger partial charge in [0.15, 0.2) is 0 Å². The molecule has 10 heteroatoms. The third-order valence-electron chi connectivity index (χ3n) is 5.05. The van der Waals surface area contributed by atoms with E-state index in [1.165, 1.54) is 11.8 Å². The maximum atomic E-state index is 12.4. The SMILES string of the molecule is C[C@](N)(COP(=O)(O)O)C(=O)Nc1ccc(N(C=O)Cc2ccc(-c3ccccc3)cc2)cc1. The van der Waals surface area contributed by atoms with E-state index in [0.717, 1.165) is 23.1 Å². The van der Waals surface area contributed by atoms with Crippen molar-refractivity contribution in [2.45, 2.75) is 19.0 Å². The van der Waals surface area contributed by atoms with Gasteiger partial charge in [0.25, 0.3) is 0 Å². The van der Waals surface area contributed by atoms with Gasteiger partial charge >= 0.3 is 7.82 Å². The van der Waals surface area contributed by atoms with Crippen molar-refractivity contribution in [2.75, 3.05) is 16.8 Å². The Morgan fingerprint density at radius 1 is 1.03 bits per heavy atom. The molecule has 9 nitrogen and oxygen atoms in total. The normalized spacial score (nSPS) is 13.1. The molecular weight excluding hydrogens is 457 g/mol. The highest BCUT2D eigenvalue weighted by Crippen LogP contribution is 2.36. The second-order valence-electron chi connectivity index (χ2n) is 7.98. The number of nitrogens with two attached hydrogens (primary N) is 1. The second-order valence-corrected chi connectivity index (χ2v) is 9.22. The summed E-state index contributed by atoms with van der Waals surface area (Å²) >= 11 is 0.